The summed E-state index contributed by atoms with van der Waals surface area (Å²) < 4.78 is 12.3. The summed E-state index contributed by atoms with van der Waals surface area (Å²) in [5.41, 5.74) is 2.13. The van der Waals surface area contributed by atoms with Crippen LogP contribution >= 0.6 is 0 Å². The highest BCUT2D eigenvalue weighted by atomic mass is 16.6. The van der Waals surface area contributed by atoms with Gasteiger partial charge in [0.25, 0.3) is 0 Å². The van der Waals surface area contributed by atoms with Crippen molar-refractivity contribution in [1.82, 2.24) is 14.9 Å². The molecule has 1 N–H and O–H groups in total. The first-order chi connectivity index (χ1) is 14.2. The monoisotopic (exact) mass is 414 g/mol. The maximum absolute atomic E-state index is 13.1. The van der Waals surface area contributed by atoms with Crippen LogP contribution in [0.4, 0.5) is 10.5 Å². The number of hydrogen-bond donors (Lipinski definition) is 1. The van der Waals surface area contributed by atoms with Crippen molar-refractivity contribution < 1.29 is 23.9 Å². The van der Waals surface area contributed by atoms with E-state index in [1.807, 2.05) is 19.1 Å². The zero-order valence-corrected chi connectivity index (χ0v) is 17.7. The molecule has 1 aromatic carbocycles. The SMILES string of the molecule is Cc1cc(N2CCOCC2)cc2c1nc(C1C(=O)CNC1=O)n2C(=O)OC(C)(C)C. The lowest BCUT2D eigenvalue weighted by molar-refractivity contribution is -0.124. The molecular formula is C21H26N4O5. The summed E-state index contributed by atoms with van der Waals surface area (Å²) in [6, 6.07) is 3.87. The third kappa shape index (κ3) is 3.65. The van der Waals surface area contributed by atoms with Gasteiger partial charge in [-0.25, -0.2) is 14.3 Å². The fourth-order valence-corrected chi connectivity index (χ4v) is 3.83. The Kier molecular flexibility index (Phi) is 5.01. The van der Waals surface area contributed by atoms with E-state index in [0.29, 0.717) is 24.2 Å². The highest BCUT2D eigenvalue weighted by Crippen LogP contribution is 2.31. The van der Waals surface area contributed by atoms with Crippen LogP contribution in [0.5, 0.6) is 0 Å². The Morgan fingerprint density at radius 3 is 2.53 bits per heavy atom. The Balaban J connectivity index is 1.90. The molecule has 3 heterocycles. The third-order valence-electron chi connectivity index (χ3n) is 5.19. The summed E-state index contributed by atoms with van der Waals surface area (Å²) in [6.45, 7) is 9.86. The van der Waals surface area contributed by atoms with Crippen molar-refractivity contribution in [2.75, 3.05) is 37.7 Å². The molecule has 0 bridgehead atoms. The van der Waals surface area contributed by atoms with Crippen LogP contribution < -0.4 is 10.2 Å². The van der Waals surface area contributed by atoms with E-state index in [4.69, 9.17) is 9.47 Å². The number of ether oxygens (including phenoxy) is 2. The molecule has 2 fully saturated rings. The third-order valence-corrected chi connectivity index (χ3v) is 5.19. The van der Waals surface area contributed by atoms with Gasteiger partial charge in [-0.3, -0.25) is 9.59 Å². The predicted molar refractivity (Wildman–Crippen MR) is 110 cm³/mol. The highest BCUT2D eigenvalue weighted by molar-refractivity contribution is 6.13. The molecule has 160 valence electrons. The summed E-state index contributed by atoms with van der Waals surface area (Å²) >= 11 is 0. The fraction of sp³-hybridized carbons (Fsp3) is 0.524. The molecule has 1 unspecified atom stereocenters. The van der Waals surface area contributed by atoms with Crippen LogP contribution in [0.15, 0.2) is 12.1 Å². The van der Waals surface area contributed by atoms with Crippen LogP contribution in [0.1, 0.15) is 38.1 Å². The minimum absolute atomic E-state index is 0.0704. The minimum Gasteiger partial charge on any atom is -0.443 e. The molecular weight excluding hydrogens is 388 g/mol. The smallest absolute Gasteiger partial charge is 0.420 e. The predicted octanol–water partition coefficient (Wildman–Crippen LogP) is 1.75. The number of rotatable bonds is 2. The summed E-state index contributed by atoms with van der Waals surface area (Å²) in [5.74, 6) is -1.80. The Bertz CT molecular complexity index is 1010. The van der Waals surface area contributed by atoms with Crippen molar-refractivity contribution in [2.45, 2.75) is 39.2 Å². The van der Waals surface area contributed by atoms with Crippen LogP contribution in [-0.4, -0.2) is 65.8 Å². The Morgan fingerprint density at radius 2 is 1.93 bits per heavy atom. The average molecular weight is 414 g/mol. The lowest BCUT2D eigenvalue weighted by Gasteiger charge is -2.29. The van der Waals surface area contributed by atoms with Crippen LogP contribution in [0.25, 0.3) is 11.0 Å². The van der Waals surface area contributed by atoms with Gasteiger partial charge >= 0.3 is 6.09 Å². The van der Waals surface area contributed by atoms with E-state index in [0.717, 1.165) is 24.3 Å². The topological polar surface area (TPSA) is 103 Å². The van der Waals surface area contributed by atoms with Crippen molar-refractivity contribution in [3.63, 3.8) is 0 Å². The number of carbonyl (C=O) groups excluding carboxylic acids is 3. The van der Waals surface area contributed by atoms with Gasteiger partial charge < -0.3 is 19.7 Å². The van der Waals surface area contributed by atoms with E-state index in [1.54, 1.807) is 20.8 Å². The van der Waals surface area contributed by atoms with Gasteiger partial charge in [-0.2, -0.15) is 0 Å². The van der Waals surface area contributed by atoms with Crippen LogP contribution in [0.2, 0.25) is 0 Å². The van der Waals surface area contributed by atoms with Crippen molar-refractivity contribution in [2.24, 2.45) is 0 Å². The molecule has 1 amide bonds. The normalized spacial score (nSPS) is 20.0. The first-order valence-electron chi connectivity index (χ1n) is 10.0. The summed E-state index contributed by atoms with van der Waals surface area (Å²) in [5, 5.41) is 2.54. The molecule has 0 radical (unpaired) electrons. The molecule has 9 nitrogen and oxygen atoms in total. The van der Waals surface area contributed by atoms with Crippen molar-refractivity contribution in [1.29, 1.82) is 0 Å². The number of imidazole rings is 1. The number of morpholine rings is 1. The maximum Gasteiger partial charge on any atom is 0.420 e. The molecule has 0 aliphatic carbocycles. The number of anilines is 1. The van der Waals surface area contributed by atoms with Crippen LogP contribution in [0.3, 0.4) is 0 Å². The maximum atomic E-state index is 13.1. The number of ketones is 1. The number of hydrogen-bond acceptors (Lipinski definition) is 7. The molecule has 0 saturated carbocycles. The molecule has 1 atom stereocenters. The molecule has 2 aliphatic heterocycles. The van der Waals surface area contributed by atoms with E-state index in [9.17, 15) is 14.4 Å². The van der Waals surface area contributed by atoms with E-state index in [-0.39, 0.29) is 18.2 Å². The fourth-order valence-electron chi connectivity index (χ4n) is 3.83. The average Bonchev–Trinajstić information content (AvgIpc) is 3.21. The zero-order chi connectivity index (χ0) is 21.6. The Hall–Kier alpha value is -2.94. The second kappa shape index (κ2) is 7.39. The van der Waals surface area contributed by atoms with Crippen LogP contribution in [-0.2, 0) is 19.1 Å². The standard InChI is InChI=1S/C21H26N4O5/c1-12-9-13(24-5-7-29-8-6-24)10-14-17(12)23-18(16-15(26)11-22-19(16)27)25(14)20(28)30-21(2,3)4/h9-10,16H,5-8,11H2,1-4H3,(H,22,27). The summed E-state index contributed by atoms with van der Waals surface area (Å²) in [6.07, 6.45) is -0.661. The van der Waals surface area contributed by atoms with E-state index < -0.39 is 23.5 Å². The molecule has 2 aromatic rings. The van der Waals surface area contributed by atoms with Gasteiger partial charge in [0.2, 0.25) is 5.91 Å². The number of nitrogens with one attached hydrogen (secondary N) is 1. The quantitative estimate of drug-likeness (QED) is 0.747. The number of nitrogens with zero attached hydrogens (tertiary/aromatic N) is 3. The summed E-state index contributed by atoms with van der Waals surface area (Å²) in [4.78, 5) is 44.7. The first kappa shape index (κ1) is 20.3. The van der Waals surface area contributed by atoms with Gasteiger partial charge in [-0.05, 0) is 45.4 Å². The number of benzene rings is 1. The van der Waals surface area contributed by atoms with Crippen molar-refractivity contribution >= 4 is 34.5 Å². The van der Waals surface area contributed by atoms with Gasteiger partial charge in [0.1, 0.15) is 11.4 Å². The lowest BCUT2D eigenvalue weighted by Crippen LogP contribution is -2.36. The van der Waals surface area contributed by atoms with Crippen molar-refractivity contribution in [3.8, 4) is 0 Å². The zero-order valence-electron chi connectivity index (χ0n) is 17.7. The number of fused-ring (bicyclic) bond motifs is 1. The number of carbonyl (C=O) groups is 3. The second-order valence-corrected chi connectivity index (χ2v) is 8.63. The van der Waals surface area contributed by atoms with E-state index in [2.05, 4.69) is 15.2 Å². The van der Waals surface area contributed by atoms with Crippen molar-refractivity contribution in [3.05, 3.63) is 23.5 Å². The molecule has 2 saturated heterocycles. The lowest BCUT2D eigenvalue weighted by atomic mass is 10.1. The van der Waals surface area contributed by atoms with Gasteiger partial charge in [0.15, 0.2) is 11.7 Å². The van der Waals surface area contributed by atoms with Crippen LogP contribution in [0, 0.1) is 6.92 Å². The molecule has 4 rings (SSSR count). The Labute approximate surface area is 174 Å². The first-order valence-corrected chi connectivity index (χ1v) is 10.0. The second-order valence-electron chi connectivity index (χ2n) is 8.63. The molecule has 0 spiro atoms. The largest absolute Gasteiger partial charge is 0.443 e. The van der Waals surface area contributed by atoms with E-state index >= 15 is 0 Å². The van der Waals surface area contributed by atoms with Gasteiger partial charge in [0, 0.05) is 18.8 Å². The summed E-state index contributed by atoms with van der Waals surface area (Å²) in [7, 11) is 0. The Morgan fingerprint density at radius 1 is 1.23 bits per heavy atom. The highest BCUT2D eigenvalue weighted by Gasteiger charge is 2.40. The van der Waals surface area contributed by atoms with Gasteiger partial charge in [-0.1, -0.05) is 0 Å². The van der Waals surface area contributed by atoms with Gasteiger partial charge in [0.05, 0.1) is 30.8 Å². The number of aromatic nitrogens is 2. The molecule has 9 heteroatoms. The number of aryl methyl sites for hydroxylation is 1. The van der Waals surface area contributed by atoms with Gasteiger partial charge in [-0.15, -0.1) is 0 Å². The number of amides is 1. The molecule has 1 aromatic heterocycles. The molecule has 2 aliphatic rings. The molecule has 30 heavy (non-hydrogen) atoms. The van der Waals surface area contributed by atoms with E-state index in [1.165, 1.54) is 4.57 Å². The minimum atomic E-state index is -1.13. The number of Topliss-reactive ketones (excluding diaryl/α,β-unsaturated/α-hetero) is 1.